The maximum atomic E-state index is 12.8. The number of β-amino-alcohol motifs (C(OH)–C–C–N with tert-alkyl or cyclic N) is 1. The third kappa shape index (κ3) is 5.23. The molecule has 0 unspecified atom stereocenters. The van der Waals surface area contributed by atoms with Crippen LogP contribution in [0.4, 0.5) is 13.2 Å². The molecule has 156 valence electrons. The van der Waals surface area contributed by atoms with E-state index in [9.17, 15) is 27.9 Å². The number of likely N-dealkylation sites (tertiary alicyclic amines) is 1. The smallest absolute Gasteiger partial charge is 0.391 e. The van der Waals surface area contributed by atoms with Crippen LogP contribution < -0.4 is 0 Å². The van der Waals surface area contributed by atoms with E-state index in [2.05, 4.69) is 5.16 Å². The number of rotatable bonds is 6. The predicted molar refractivity (Wildman–Crippen MR) is 95.8 cm³/mol. The number of aliphatic hydroxyl groups excluding tert-OH is 1. The predicted octanol–water partition coefficient (Wildman–Crippen LogP) is 2.71. The van der Waals surface area contributed by atoms with E-state index in [0.717, 1.165) is 12.1 Å². The molecule has 0 bridgehead atoms. The van der Waals surface area contributed by atoms with Crippen LogP contribution in [0, 0.1) is 6.92 Å². The lowest BCUT2D eigenvalue weighted by molar-refractivity contribution is -0.138. The first-order chi connectivity index (χ1) is 13.6. The van der Waals surface area contributed by atoms with Crippen LogP contribution in [0.25, 0.3) is 0 Å². The summed E-state index contributed by atoms with van der Waals surface area (Å²) in [5, 5.41) is 13.7. The van der Waals surface area contributed by atoms with Gasteiger partial charge < -0.3 is 14.5 Å². The summed E-state index contributed by atoms with van der Waals surface area (Å²) in [6.07, 6.45) is -5.13. The van der Waals surface area contributed by atoms with E-state index < -0.39 is 23.9 Å². The van der Waals surface area contributed by atoms with Gasteiger partial charge in [-0.1, -0.05) is 23.4 Å². The van der Waals surface area contributed by atoms with Crippen LogP contribution in [0.2, 0.25) is 0 Å². The molecule has 0 radical (unpaired) electrons. The molecule has 29 heavy (non-hydrogen) atoms. The topological polar surface area (TPSA) is 83.6 Å². The molecule has 0 aliphatic carbocycles. The van der Waals surface area contributed by atoms with Crippen molar-refractivity contribution >= 4 is 11.7 Å². The summed E-state index contributed by atoms with van der Waals surface area (Å²) in [6, 6.07) is 5.65. The molecule has 1 amide bonds. The standard InChI is InChI=1S/C20H21F3N2O4/c1-12-7-16(29-24-12)10-19(28)25-11-15(26)9-17(25)18(27)6-5-13-3-2-4-14(8-13)20(21,22)23/h2-4,7-8,15,17,26H,5-6,9-11H2,1H3/t15-,17+/m1/s1. The van der Waals surface area contributed by atoms with E-state index in [1.54, 1.807) is 13.0 Å². The number of ketones is 1. The van der Waals surface area contributed by atoms with E-state index in [1.165, 1.54) is 17.0 Å². The Labute approximate surface area is 165 Å². The minimum absolute atomic E-state index is 0.0239. The van der Waals surface area contributed by atoms with E-state index in [4.69, 9.17) is 4.52 Å². The minimum Gasteiger partial charge on any atom is -0.391 e. The summed E-state index contributed by atoms with van der Waals surface area (Å²) in [5.74, 6) is -0.291. The third-order valence-electron chi connectivity index (χ3n) is 4.89. The van der Waals surface area contributed by atoms with Gasteiger partial charge in [0.2, 0.25) is 5.91 Å². The van der Waals surface area contributed by atoms with Gasteiger partial charge in [-0.2, -0.15) is 13.2 Å². The fraction of sp³-hybridized carbons (Fsp3) is 0.450. The van der Waals surface area contributed by atoms with Crippen molar-refractivity contribution in [1.82, 2.24) is 10.1 Å². The first-order valence-corrected chi connectivity index (χ1v) is 9.22. The molecule has 1 aromatic carbocycles. The average Bonchev–Trinajstić information content (AvgIpc) is 3.24. The van der Waals surface area contributed by atoms with Gasteiger partial charge in [0.25, 0.3) is 0 Å². The molecule has 2 aromatic rings. The molecule has 2 atom stereocenters. The Morgan fingerprint density at radius 2 is 2.07 bits per heavy atom. The molecule has 9 heteroatoms. The summed E-state index contributed by atoms with van der Waals surface area (Å²) < 4.78 is 43.5. The number of amides is 1. The van der Waals surface area contributed by atoms with Gasteiger partial charge in [0.05, 0.1) is 29.8 Å². The number of alkyl halides is 3. The Bertz CT molecular complexity index is 894. The van der Waals surface area contributed by atoms with Crippen LogP contribution in [0.3, 0.4) is 0 Å². The highest BCUT2D eigenvalue weighted by Crippen LogP contribution is 2.30. The number of carbonyl (C=O) groups is 2. The Balaban J connectivity index is 1.63. The Hall–Kier alpha value is -2.68. The first kappa shape index (κ1) is 21.0. The maximum absolute atomic E-state index is 12.8. The summed E-state index contributed by atoms with van der Waals surface area (Å²) in [6.45, 7) is 1.75. The van der Waals surface area contributed by atoms with E-state index in [0.29, 0.717) is 17.0 Å². The van der Waals surface area contributed by atoms with Crippen molar-refractivity contribution in [1.29, 1.82) is 0 Å². The van der Waals surface area contributed by atoms with Gasteiger partial charge in [0.1, 0.15) is 5.76 Å². The Kier molecular flexibility index (Phi) is 6.07. The van der Waals surface area contributed by atoms with Crippen LogP contribution in [-0.4, -0.2) is 45.5 Å². The Morgan fingerprint density at radius 3 is 2.72 bits per heavy atom. The largest absolute Gasteiger partial charge is 0.416 e. The van der Waals surface area contributed by atoms with Crippen molar-refractivity contribution in [2.45, 2.75) is 50.9 Å². The molecule has 0 saturated carbocycles. The molecule has 1 fully saturated rings. The van der Waals surface area contributed by atoms with Gasteiger partial charge >= 0.3 is 6.18 Å². The zero-order valence-corrected chi connectivity index (χ0v) is 15.8. The van der Waals surface area contributed by atoms with Gasteiger partial charge in [-0.05, 0) is 25.0 Å². The highest BCUT2D eigenvalue weighted by atomic mass is 19.4. The molecule has 1 N–H and O–H groups in total. The molecule has 6 nitrogen and oxygen atoms in total. The number of hydrogen-bond acceptors (Lipinski definition) is 5. The van der Waals surface area contributed by atoms with Crippen molar-refractivity contribution in [2.75, 3.05) is 6.54 Å². The second-order valence-corrected chi connectivity index (χ2v) is 7.23. The van der Waals surface area contributed by atoms with Crippen LogP contribution in [0.5, 0.6) is 0 Å². The van der Waals surface area contributed by atoms with Crippen LogP contribution in [0.1, 0.15) is 35.4 Å². The minimum atomic E-state index is -4.45. The number of Topliss-reactive ketones (excluding diaryl/α,β-unsaturated/α-hetero) is 1. The zero-order valence-electron chi connectivity index (χ0n) is 15.8. The number of aromatic nitrogens is 1. The van der Waals surface area contributed by atoms with E-state index in [1.807, 2.05) is 0 Å². The number of carbonyl (C=O) groups excluding carboxylic acids is 2. The molecule has 2 heterocycles. The molecular weight excluding hydrogens is 389 g/mol. The molecule has 1 saturated heterocycles. The lowest BCUT2D eigenvalue weighted by atomic mass is 10.00. The number of benzene rings is 1. The molecule has 3 rings (SSSR count). The molecular formula is C20H21F3N2O4. The van der Waals surface area contributed by atoms with E-state index in [-0.39, 0.29) is 43.9 Å². The Morgan fingerprint density at radius 1 is 1.31 bits per heavy atom. The average molecular weight is 410 g/mol. The third-order valence-corrected chi connectivity index (χ3v) is 4.89. The first-order valence-electron chi connectivity index (χ1n) is 9.22. The van der Waals surface area contributed by atoms with Crippen molar-refractivity contribution in [2.24, 2.45) is 0 Å². The zero-order chi connectivity index (χ0) is 21.2. The lowest BCUT2D eigenvalue weighted by Gasteiger charge is -2.23. The molecule has 0 spiro atoms. The van der Waals surface area contributed by atoms with Gasteiger partial charge in [-0.15, -0.1) is 0 Å². The highest BCUT2D eigenvalue weighted by Gasteiger charge is 2.38. The summed E-state index contributed by atoms with van der Waals surface area (Å²) in [5.41, 5.74) is 0.252. The summed E-state index contributed by atoms with van der Waals surface area (Å²) >= 11 is 0. The van der Waals surface area contributed by atoms with Crippen molar-refractivity contribution in [3.8, 4) is 0 Å². The summed E-state index contributed by atoms with van der Waals surface area (Å²) in [4.78, 5) is 26.5. The van der Waals surface area contributed by atoms with Crippen molar-refractivity contribution < 1.29 is 32.4 Å². The van der Waals surface area contributed by atoms with Crippen LogP contribution in [-0.2, 0) is 28.6 Å². The fourth-order valence-electron chi connectivity index (χ4n) is 3.48. The van der Waals surface area contributed by atoms with Crippen LogP contribution in [0.15, 0.2) is 34.9 Å². The number of hydrogen-bond donors (Lipinski definition) is 1. The monoisotopic (exact) mass is 410 g/mol. The van der Waals surface area contributed by atoms with Gasteiger partial charge in [0, 0.05) is 25.5 Å². The number of aryl methyl sites for hydroxylation is 2. The number of nitrogens with zero attached hydrogens (tertiary/aromatic N) is 2. The van der Waals surface area contributed by atoms with Gasteiger partial charge in [0.15, 0.2) is 5.78 Å². The second-order valence-electron chi connectivity index (χ2n) is 7.23. The SMILES string of the molecule is Cc1cc(CC(=O)N2C[C@H](O)C[C@H]2C(=O)CCc2cccc(C(F)(F)F)c2)on1. The van der Waals surface area contributed by atoms with E-state index >= 15 is 0 Å². The molecule has 1 aliphatic heterocycles. The quantitative estimate of drug-likeness (QED) is 0.792. The maximum Gasteiger partial charge on any atom is 0.416 e. The summed E-state index contributed by atoms with van der Waals surface area (Å²) in [7, 11) is 0. The normalized spacial score (nSPS) is 19.6. The van der Waals surface area contributed by atoms with Crippen molar-refractivity contribution in [3.05, 3.63) is 52.9 Å². The number of aliphatic hydroxyl groups is 1. The fourth-order valence-corrected chi connectivity index (χ4v) is 3.48. The lowest BCUT2D eigenvalue weighted by Crippen LogP contribution is -2.41. The molecule has 1 aliphatic rings. The second kappa shape index (κ2) is 8.36. The van der Waals surface area contributed by atoms with Gasteiger partial charge in [-0.3, -0.25) is 9.59 Å². The van der Waals surface area contributed by atoms with Crippen LogP contribution >= 0.6 is 0 Å². The van der Waals surface area contributed by atoms with Gasteiger partial charge in [-0.25, -0.2) is 0 Å². The van der Waals surface area contributed by atoms with Crippen molar-refractivity contribution in [3.63, 3.8) is 0 Å². The molecule has 1 aromatic heterocycles. The highest BCUT2D eigenvalue weighted by molar-refractivity contribution is 5.90. The number of halogens is 3.